The van der Waals surface area contributed by atoms with Crippen molar-refractivity contribution < 1.29 is 67.6 Å². The molecule has 0 spiro atoms. The maximum absolute atomic E-state index is 14.8. The molecule has 2 aliphatic heterocycles. The molecule has 0 radical (unpaired) electrons. The number of ether oxygens (including phenoxy) is 2. The number of benzene rings is 3. The van der Waals surface area contributed by atoms with Crippen molar-refractivity contribution in [2.24, 2.45) is 33.6 Å². The predicted octanol–water partition coefficient (Wildman–Crippen LogP) is 8.89. The van der Waals surface area contributed by atoms with E-state index in [1.165, 1.54) is 33.3 Å². The van der Waals surface area contributed by atoms with Crippen LogP contribution in [0, 0.1) is 29.1 Å². The number of carbonyl (C=O) groups excluding carboxylic acids is 8. The number of anilines is 3. The van der Waals surface area contributed by atoms with Gasteiger partial charge in [0.2, 0.25) is 11.8 Å². The molecule has 4 fully saturated rings. The Labute approximate surface area is 594 Å². The van der Waals surface area contributed by atoms with Crippen molar-refractivity contribution >= 4 is 97.7 Å². The molecule has 3 aromatic heterocycles. The lowest BCUT2D eigenvalue weighted by molar-refractivity contribution is -0.248. The second kappa shape index (κ2) is 30.6. The second-order valence-electron chi connectivity index (χ2n) is 29.1. The van der Waals surface area contributed by atoms with Gasteiger partial charge >= 0.3 is 24.1 Å². The highest BCUT2D eigenvalue weighted by molar-refractivity contribution is 7.22. The second-order valence-corrected chi connectivity index (χ2v) is 30.1. The Morgan fingerprint density at radius 2 is 1.53 bits per heavy atom. The minimum Gasteiger partial charge on any atom is -0.481 e. The van der Waals surface area contributed by atoms with Crippen molar-refractivity contribution in [2.45, 2.75) is 162 Å². The molecule has 28 heteroatoms. The number of imide groups is 1. The van der Waals surface area contributed by atoms with Gasteiger partial charge in [-0.05, 0) is 159 Å². The zero-order valence-corrected chi connectivity index (χ0v) is 59.0. The summed E-state index contributed by atoms with van der Waals surface area (Å²) >= 11 is 1.40. The third kappa shape index (κ3) is 16.8. The molecule has 12 rings (SSSR count). The SMILES string of the molecule is Cc1c(-c2ccc(N3CCc4cccc(C(=O)Nc5nc6ccccc6s5)c4C3)nc2C(=O)O)cnn1CC12CC3(C)CC(C)(C1)CC(OCCN(CCC(=O)O)C(=O)OCc1ccc(N(C(=O)[C@@H](NC(=O)CCCCCN4C(=O)C=CC4=O)C(C)C)[C@@H](CCCNC(N)=O)C(N)=O)cc1)(C3)C2. The molecule has 2 unspecified atom stereocenters. The maximum atomic E-state index is 14.8. The van der Waals surface area contributed by atoms with E-state index in [1.807, 2.05) is 59.0 Å². The van der Waals surface area contributed by atoms with Gasteiger partial charge in [0.05, 0.1) is 35.0 Å². The topological polar surface area (TPSA) is 374 Å². The van der Waals surface area contributed by atoms with Crippen LogP contribution in [-0.4, -0.2) is 156 Å². The van der Waals surface area contributed by atoms with Gasteiger partial charge in [-0.3, -0.25) is 53.4 Å². The number of urea groups is 1. The first-order valence-corrected chi connectivity index (χ1v) is 35.6. The zero-order valence-electron chi connectivity index (χ0n) is 58.2. The van der Waals surface area contributed by atoms with Crippen LogP contribution >= 0.6 is 11.3 Å². The van der Waals surface area contributed by atoms with Crippen LogP contribution in [0.4, 0.5) is 26.2 Å². The van der Waals surface area contributed by atoms with Gasteiger partial charge in [-0.2, -0.15) is 5.10 Å². The Morgan fingerprint density at radius 1 is 0.794 bits per heavy atom. The molecule has 9 amide bonds. The number of primary amides is 2. The number of carbonyl (C=O) groups is 10. The van der Waals surface area contributed by atoms with Crippen molar-refractivity contribution in [2.75, 3.05) is 54.4 Å². The minimum atomic E-state index is -1.25. The number of aliphatic carboxylic acids is 1. The summed E-state index contributed by atoms with van der Waals surface area (Å²) in [6.07, 6.45) is 10.4. The van der Waals surface area contributed by atoms with Crippen LogP contribution in [0.15, 0.2) is 97.2 Å². The number of rotatable bonds is 32. The predicted molar refractivity (Wildman–Crippen MR) is 380 cm³/mol. The van der Waals surface area contributed by atoms with Crippen LogP contribution < -0.4 is 37.2 Å². The molecule has 6 aromatic rings. The van der Waals surface area contributed by atoms with E-state index in [4.69, 9.17) is 31.0 Å². The molecule has 27 nitrogen and oxygen atoms in total. The van der Waals surface area contributed by atoms with Crippen LogP contribution in [0.2, 0.25) is 0 Å². The molecule has 9 N–H and O–H groups in total. The summed E-state index contributed by atoms with van der Waals surface area (Å²) in [6.45, 7) is 11.5. The van der Waals surface area contributed by atoms with Gasteiger partial charge in [0, 0.05) is 92.5 Å². The number of thiazole rings is 1. The van der Waals surface area contributed by atoms with Crippen molar-refractivity contribution in [1.82, 2.24) is 40.2 Å². The molecule has 4 atom stereocenters. The fourth-order valence-electron chi connectivity index (χ4n) is 17.0. The zero-order chi connectivity index (χ0) is 72.8. The number of unbranched alkanes of at least 4 members (excludes halogenated alkanes) is 2. The number of pyridine rings is 1. The van der Waals surface area contributed by atoms with E-state index < -0.39 is 65.4 Å². The number of carboxylic acids is 2. The minimum absolute atomic E-state index is 0.00566. The maximum Gasteiger partial charge on any atom is 0.410 e. The normalized spacial score (nSPS) is 20.8. The van der Waals surface area contributed by atoms with E-state index in [1.54, 1.807) is 56.4 Å². The lowest BCUT2D eigenvalue weighted by Crippen LogP contribution is -2.64. The monoisotopic (exact) mass is 1420 g/mol. The summed E-state index contributed by atoms with van der Waals surface area (Å²) < 4.78 is 15.8. The summed E-state index contributed by atoms with van der Waals surface area (Å²) in [5.74, 6) is -5.27. The lowest BCUT2D eigenvalue weighted by atomic mass is 9.39. The van der Waals surface area contributed by atoms with Gasteiger partial charge in [0.1, 0.15) is 24.5 Å². The largest absolute Gasteiger partial charge is 0.481 e. The van der Waals surface area contributed by atoms with Crippen LogP contribution in [-0.2, 0) is 64.4 Å². The smallest absolute Gasteiger partial charge is 0.410 e. The molecule has 6 aliphatic rings. The van der Waals surface area contributed by atoms with Gasteiger partial charge in [-0.15, -0.1) is 0 Å². The highest BCUT2D eigenvalue weighted by atomic mass is 32.1. The molecule has 4 aliphatic carbocycles. The number of carboxylic acid groups (broad SMARTS) is 2. The molecule has 3 aromatic carbocycles. The van der Waals surface area contributed by atoms with Crippen molar-refractivity contribution in [3.63, 3.8) is 0 Å². The Bertz CT molecular complexity index is 4190. The number of amides is 9. The van der Waals surface area contributed by atoms with Crippen molar-refractivity contribution in [1.29, 1.82) is 0 Å². The fraction of sp³-hybridized carbons (Fsp3) is 0.473. The van der Waals surface area contributed by atoms with Crippen LogP contribution in [0.1, 0.15) is 154 Å². The van der Waals surface area contributed by atoms with E-state index in [0.717, 1.165) is 64.0 Å². The van der Waals surface area contributed by atoms with Crippen molar-refractivity contribution in [3.8, 4) is 11.1 Å². The van der Waals surface area contributed by atoms with E-state index in [-0.39, 0.29) is 110 Å². The average molecular weight is 1420 g/mol. The molecule has 0 saturated heterocycles. The summed E-state index contributed by atoms with van der Waals surface area (Å²) in [7, 11) is 0. The number of nitrogens with zero attached hydrogens (tertiary/aromatic N) is 8. The molecule has 4 bridgehead atoms. The third-order valence-electron chi connectivity index (χ3n) is 20.4. The molecular formula is C74H89N13O14S. The van der Waals surface area contributed by atoms with Gasteiger partial charge in [0.15, 0.2) is 10.8 Å². The molecule has 540 valence electrons. The first-order chi connectivity index (χ1) is 48.6. The quantitative estimate of drug-likeness (QED) is 0.0153. The Morgan fingerprint density at radius 3 is 2.22 bits per heavy atom. The number of fused-ring (bicyclic) bond motifs is 2. The third-order valence-corrected chi connectivity index (χ3v) is 21.4. The summed E-state index contributed by atoms with van der Waals surface area (Å²) in [6, 6.07) is 20.2. The number of para-hydroxylation sites is 1. The summed E-state index contributed by atoms with van der Waals surface area (Å²) in [4.78, 5) is 145. The van der Waals surface area contributed by atoms with Crippen LogP contribution in [0.25, 0.3) is 21.3 Å². The van der Waals surface area contributed by atoms with Gasteiger partial charge in [0.25, 0.3) is 23.6 Å². The Hall–Kier alpha value is -10.1. The van der Waals surface area contributed by atoms with E-state index in [2.05, 4.69) is 34.8 Å². The van der Waals surface area contributed by atoms with Gasteiger partial charge < -0.3 is 51.6 Å². The number of nitrogens with one attached hydrogen (secondary N) is 3. The summed E-state index contributed by atoms with van der Waals surface area (Å²) in [5.41, 5.74) is 15.9. The highest BCUT2D eigenvalue weighted by Gasteiger charge is 2.66. The number of hydrogen-bond acceptors (Lipinski definition) is 17. The number of hydrogen-bond donors (Lipinski definition) is 7. The van der Waals surface area contributed by atoms with E-state index >= 15 is 0 Å². The first-order valence-electron chi connectivity index (χ1n) is 34.8. The number of nitrogens with two attached hydrogens (primary N) is 2. The van der Waals surface area contributed by atoms with E-state index in [9.17, 15) is 58.2 Å². The van der Waals surface area contributed by atoms with Gasteiger partial charge in [-0.1, -0.05) is 81.9 Å². The molecule has 4 saturated carbocycles. The highest BCUT2D eigenvalue weighted by Crippen LogP contribution is 2.72. The standard InChI is InChI=1S/C74H89N13O14S/c1-45(2)62(81-58(88)18-7-6-10-30-85-59(89)25-26-60(85)90)66(95)87(55(64(75)93)16-12-29-77-68(76)98)49-21-19-47(20-22-49)37-100-70(99)83(32-28-61(91)92)33-34-101-74-41-71(4)38-72(5,42-74)40-73(39-71,43-74)44-86-46(3)52(35-78-86)50-23-24-57(80-63(50)67(96)97)84-31-27-48-13-11-14-51(53(48)36-84)65(94)82-69-79-54-15-8-9-17-56(54)102-69/h8-9,11,13-15,17,19-26,35,45,55,62H,6-7,10,12,16,18,27-34,36-44H2,1-5H3,(H2,75,93)(H,81,88)(H,91,92)(H,96,97)(H3,76,77,98)(H,79,82,94)/t55-,62-,71?,72?,73?,74?/m0/s1. The molecule has 102 heavy (non-hydrogen) atoms. The molecular weight excluding hydrogens is 1330 g/mol. The molecule has 5 heterocycles. The Kier molecular flexibility index (Phi) is 22.0. The Balaban J connectivity index is 0.733. The first kappa shape index (κ1) is 73.1. The fourth-order valence-corrected chi connectivity index (χ4v) is 17.8. The van der Waals surface area contributed by atoms with Crippen LogP contribution in [0.5, 0.6) is 0 Å². The lowest BCUT2D eigenvalue weighted by Gasteiger charge is -2.69. The van der Waals surface area contributed by atoms with Crippen molar-refractivity contribution in [3.05, 3.63) is 131 Å². The summed E-state index contributed by atoms with van der Waals surface area (Å²) in [5, 5.41) is 34.3. The average Bonchev–Trinajstić information content (AvgIpc) is 0.716. The number of aromatic nitrogens is 4. The number of aromatic carboxylic acids is 1. The van der Waals surface area contributed by atoms with Gasteiger partial charge in [-0.25, -0.2) is 24.4 Å². The van der Waals surface area contributed by atoms with Crippen LogP contribution in [0.3, 0.4) is 0 Å². The van der Waals surface area contributed by atoms with E-state index in [0.29, 0.717) is 84.9 Å².